The van der Waals surface area contributed by atoms with Crippen LogP contribution in [0.15, 0.2) is 40.9 Å². The number of benzene rings is 2. The molecule has 0 spiro atoms. The van der Waals surface area contributed by atoms with Crippen LogP contribution in [0.1, 0.15) is 11.1 Å². The normalized spacial score (nSPS) is 10.5. The minimum Gasteiger partial charge on any atom is -0.493 e. The SMILES string of the molecule is COc1ccc(Br)c(CNCC(=O)O)c1OCc1ccccc1Cl. The first-order valence-electron chi connectivity index (χ1n) is 7.17. The highest BCUT2D eigenvalue weighted by molar-refractivity contribution is 9.10. The lowest BCUT2D eigenvalue weighted by Gasteiger charge is -2.17. The highest BCUT2D eigenvalue weighted by atomic mass is 79.9. The Labute approximate surface area is 153 Å². The number of hydrogen-bond acceptors (Lipinski definition) is 4. The minimum atomic E-state index is -0.924. The number of carboxylic acid groups (broad SMARTS) is 1. The number of methoxy groups -OCH3 is 1. The molecule has 2 aromatic rings. The number of halogens is 2. The van der Waals surface area contributed by atoms with E-state index in [-0.39, 0.29) is 13.2 Å². The molecule has 2 N–H and O–H groups in total. The fraction of sp³-hybridized carbons (Fsp3) is 0.235. The van der Waals surface area contributed by atoms with Crippen molar-refractivity contribution in [3.8, 4) is 11.5 Å². The molecular formula is C17H17BrClNO4. The van der Waals surface area contributed by atoms with Crippen molar-refractivity contribution in [2.24, 2.45) is 0 Å². The standard InChI is InChI=1S/C17H17BrClNO4/c1-23-15-7-6-13(18)12(8-20-9-16(21)22)17(15)24-10-11-4-2-3-5-14(11)19/h2-7,20H,8-10H2,1H3,(H,21,22). The Kier molecular flexibility index (Phi) is 6.90. The lowest BCUT2D eigenvalue weighted by molar-refractivity contribution is -0.136. The molecule has 0 aliphatic carbocycles. The van der Waals surface area contributed by atoms with Crippen molar-refractivity contribution in [1.29, 1.82) is 0 Å². The minimum absolute atomic E-state index is 0.145. The fourth-order valence-corrected chi connectivity index (χ4v) is 2.77. The zero-order chi connectivity index (χ0) is 17.5. The van der Waals surface area contributed by atoms with Gasteiger partial charge in [0.2, 0.25) is 0 Å². The molecule has 0 aromatic heterocycles. The first kappa shape index (κ1) is 18.6. The van der Waals surface area contributed by atoms with Crippen molar-refractivity contribution in [2.45, 2.75) is 13.2 Å². The Morgan fingerprint density at radius 3 is 2.71 bits per heavy atom. The molecular weight excluding hydrogens is 398 g/mol. The molecule has 0 bridgehead atoms. The first-order valence-corrected chi connectivity index (χ1v) is 8.34. The van der Waals surface area contributed by atoms with Crippen molar-refractivity contribution in [3.63, 3.8) is 0 Å². The summed E-state index contributed by atoms with van der Waals surface area (Å²) < 4.78 is 12.1. The van der Waals surface area contributed by atoms with Gasteiger partial charge in [-0.2, -0.15) is 0 Å². The van der Waals surface area contributed by atoms with Crippen LogP contribution in [0.5, 0.6) is 11.5 Å². The third-order valence-corrected chi connectivity index (χ3v) is 4.41. The number of nitrogens with one attached hydrogen (secondary N) is 1. The van der Waals surface area contributed by atoms with Crippen molar-refractivity contribution in [3.05, 3.63) is 57.0 Å². The van der Waals surface area contributed by atoms with Crippen LogP contribution >= 0.6 is 27.5 Å². The molecule has 0 radical (unpaired) electrons. The van der Waals surface area contributed by atoms with Crippen LogP contribution in [-0.4, -0.2) is 24.7 Å². The highest BCUT2D eigenvalue weighted by Crippen LogP contribution is 2.37. The summed E-state index contributed by atoms with van der Waals surface area (Å²) in [5.74, 6) is 0.189. The molecule has 0 heterocycles. The summed E-state index contributed by atoms with van der Waals surface area (Å²) >= 11 is 9.62. The quantitative estimate of drug-likeness (QED) is 0.686. The molecule has 0 aliphatic heterocycles. The zero-order valence-electron chi connectivity index (χ0n) is 13.0. The van der Waals surface area contributed by atoms with Gasteiger partial charge in [-0.05, 0) is 18.2 Å². The summed E-state index contributed by atoms with van der Waals surface area (Å²) in [5, 5.41) is 12.2. The summed E-state index contributed by atoms with van der Waals surface area (Å²) in [6.45, 7) is 0.452. The zero-order valence-corrected chi connectivity index (χ0v) is 15.4. The predicted molar refractivity (Wildman–Crippen MR) is 95.8 cm³/mol. The Hall–Kier alpha value is -1.76. The first-order chi connectivity index (χ1) is 11.5. The Morgan fingerprint density at radius 2 is 2.04 bits per heavy atom. The molecule has 128 valence electrons. The maximum atomic E-state index is 10.7. The lowest BCUT2D eigenvalue weighted by atomic mass is 10.1. The van der Waals surface area contributed by atoms with Gasteiger partial charge in [0.05, 0.1) is 13.7 Å². The third kappa shape index (κ3) is 4.87. The highest BCUT2D eigenvalue weighted by Gasteiger charge is 2.15. The summed E-state index contributed by atoms with van der Waals surface area (Å²) in [6, 6.07) is 11.0. The monoisotopic (exact) mass is 413 g/mol. The number of aliphatic carboxylic acids is 1. The second-order valence-corrected chi connectivity index (χ2v) is 6.20. The van der Waals surface area contributed by atoms with E-state index in [0.717, 1.165) is 15.6 Å². The number of carbonyl (C=O) groups is 1. The van der Waals surface area contributed by atoms with Crippen LogP contribution in [-0.2, 0) is 17.9 Å². The van der Waals surface area contributed by atoms with Gasteiger partial charge in [-0.25, -0.2) is 0 Å². The second-order valence-electron chi connectivity index (χ2n) is 4.93. The largest absolute Gasteiger partial charge is 0.493 e. The van der Waals surface area contributed by atoms with E-state index in [2.05, 4.69) is 21.2 Å². The number of rotatable bonds is 8. The second kappa shape index (κ2) is 8.92. The van der Waals surface area contributed by atoms with E-state index in [1.54, 1.807) is 19.2 Å². The van der Waals surface area contributed by atoms with Gasteiger partial charge in [0.15, 0.2) is 11.5 Å². The van der Waals surface area contributed by atoms with Gasteiger partial charge < -0.3 is 19.9 Å². The van der Waals surface area contributed by atoms with Gasteiger partial charge in [-0.15, -0.1) is 0 Å². The van der Waals surface area contributed by atoms with E-state index in [0.29, 0.717) is 23.1 Å². The van der Waals surface area contributed by atoms with E-state index in [9.17, 15) is 4.79 Å². The van der Waals surface area contributed by atoms with Crippen LogP contribution in [0.25, 0.3) is 0 Å². The predicted octanol–water partition coefficient (Wildman–Crippen LogP) is 3.86. The van der Waals surface area contributed by atoms with E-state index in [1.165, 1.54) is 0 Å². The maximum absolute atomic E-state index is 10.7. The molecule has 7 heteroatoms. The molecule has 0 aliphatic rings. The van der Waals surface area contributed by atoms with Crippen molar-refractivity contribution in [1.82, 2.24) is 5.32 Å². The molecule has 0 atom stereocenters. The van der Waals surface area contributed by atoms with Crippen LogP contribution in [0.3, 0.4) is 0 Å². The molecule has 5 nitrogen and oxygen atoms in total. The van der Waals surface area contributed by atoms with Gasteiger partial charge in [0.1, 0.15) is 6.61 Å². The molecule has 0 amide bonds. The van der Waals surface area contributed by atoms with E-state index >= 15 is 0 Å². The van der Waals surface area contributed by atoms with E-state index in [4.69, 9.17) is 26.2 Å². The third-order valence-electron chi connectivity index (χ3n) is 3.29. The summed E-state index contributed by atoms with van der Waals surface area (Å²) in [4.78, 5) is 10.7. The molecule has 0 unspecified atom stereocenters. The topological polar surface area (TPSA) is 67.8 Å². The van der Waals surface area contributed by atoms with Crippen LogP contribution in [0.2, 0.25) is 5.02 Å². The molecule has 2 aromatic carbocycles. The Morgan fingerprint density at radius 1 is 1.29 bits per heavy atom. The number of hydrogen-bond donors (Lipinski definition) is 2. The average molecular weight is 415 g/mol. The summed E-state index contributed by atoms with van der Waals surface area (Å²) in [7, 11) is 1.56. The molecule has 0 saturated heterocycles. The van der Waals surface area contributed by atoms with Crippen molar-refractivity contribution < 1.29 is 19.4 Å². The van der Waals surface area contributed by atoms with Crippen molar-refractivity contribution >= 4 is 33.5 Å². The van der Waals surface area contributed by atoms with E-state index < -0.39 is 5.97 Å². The molecule has 0 saturated carbocycles. The fourth-order valence-electron chi connectivity index (χ4n) is 2.13. The lowest BCUT2D eigenvalue weighted by Crippen LogP contribution is -2.22. The molecule has 0 fully saturated rings. The van der Waals surface area contributed by atoms with Crippen LogP contribution in [0, 0.1) is 0 Å². The van der Waals surface area contributed by atoms with Gasteiger partial charge in [0.25, 0.3) is 0 Å². The van der Waals surface area contributed by atoms with Gasteiger partial charge >= 0.3 is 5.97 Å². The summed E-state index contributed by atoms with van der Waals surface area (Å²) in [5.41, 5.74) is 1.63. The summed E-state index contributed by atoms with van der Waals surface area (Å²) in [6.07, 6.45) is 0. The van der Waals surface area contributed by atoms with E-state index in [1.807, 2.05) is 24.3 Å². The Bertz CT molecular complexity index is 724. The smallest absolute Gasteiger partial charge is 0.317 e. The maximum Gasteiger partial charge on any atom is 0.317 e. The molecule has 24 heavy (non-hydrogen) atoms. The number of carboxylic acids is 1. The number of ether oxygens (including phenoxy) is 2. The average Bonchev–Trinajstić information content (AvgIpc) is 2.56. The molecule has 2 rings (SSSR count). The van der Waals surface area contributed by atoms with Gasteiger partial charge in [-0.3, -0.25) is 4.79 Å². The Balaban J connectivity index is 2.23. The van der Waals surface area contributed by atoms with Crippen molar-refractivity contribution in [2.75, 3.05) is 13.7 Å². The van der Waals surface area contributed by atoms with Gasteiger partial charge in [-0.1, -0.05) is 45.7 Å². The van der Waals surface area contributed by atoms with Crippen LogP contribution in [0.4, 0.5) is 0 Å². The van der Waals surface area contributed by atoms with Gasteiger partial charge in [0, 0.05) is 27.2 Å². The van der Waals surface area contributed by atoms with Crippen LogP contribution < -0.4 is 14.8 Å².